The topological polar surface area (TPSA) is 65.8 Å². The van der Waals surface area contributed by atoms with Gasteiger partial charge in [0.15, 0.2) is 0 Å². The second-order valence-corrected chi connectivity index (χ2v) is 2.50. The molecular formula is C8H4F3N3O. The molecule has 1 heterocycles. The second kappa shape index (κ2) is 3.96. The van der Waals surface area contributed by atoms with Crippen LogP contribution in [0.15, 0.2) is 18.3 Å². The van der Waals surface area contributed by atoms with Crippen molar-refractivity contribution in [2.45, 2.75) is 6.18 Å². The molecule has 0 aromatic carbocycles. The summed E-state index contributed by atoms with van der Waals surface area (Å²) in [5, 5.41) is 9.93. The van der Waals surface area contributed by atoms with E-state index in [1.165, 1.54) is 6.07 Å². The van der Waals surface area contributed by atoms with E-state index >= 15 is 0 Å². The Morgan fingerprint density at radius 1 is 1.47 bits per heavy atom. The van der Waals surface area contributed by atoms with Crippen LogP contribution in [0.4, 0.5) is 19.0 Å². The highest BCUT2D eigenvalue weighted by molar-refractivity contribution is 5.94. The molecule has 1 amide bonds. The largest absolute Gasteiger partial charge is 0.471 e. The van der Waals surface area contributed by atoms with E-state index in [9.17, 15) is 18.0 Å². The zero-order chi connectivity index (χ0) is 11.5. The van der Waals surface area contributed by atoms with Gasteiger partial charge in [-0.3, -0.25) is 4.79 Å². The van der Waals surface area contributed by atoms with Crippen LogP contribution in [-0.4, -0.2) is 17.1 Å². The average Bonchev–Trinajstić information content (AvgIpc) is 2.17. The second-order valence-electron chi connectivity index (χ2n) is 2.50. The van der Waals surface area contributed by atoms with E-state index in [4.69, 9.17) is 5.26 Å². The number of aromatic nitrogens is 1. The quantitative estimate of drug-likeness (QED) is 0.771. The number of nitriles is 1. The van der Waals surface area contributed by atoms with E-state index < -0.39 is 12.1 Å². The number of nitrogens with one attached hydrogen (secondary N) is 1. The molecule has 1 N–H and O–H groups in total. The zero-order valence-corrected chi connectivity index (χ0v) is 7.17. The lowest BCUT2D eigenvalue weighted by atomic mass is 10.3. The van der Waals surface area contributed by atoms with Gasteiger partial charge in [-0.15, -0.1) is 0 Å². The molecule has 0 saturated heterocycles. The Bertz CT molecular complexity index is 405. The minimum absolute atomic E-state index is 0.194. The summed E-state index contributed by atoms with van der Waals surface area (Å²) in [7, 11) is 0. The molecule has 15 heavy (non-hydrogen) atoms. The van der Waals surface area contributed by atoms with Crippen molar-refractivity contribution >= 4 is 11.7 Å². The third-order valence-electron chi connectivity index (χ3n) is 1.39. The van der Waals surface area contributed by atoms with Crippen LogP contribution in [0.5, 0.6) is 0 Å². The van der Waals surface area contributed by atoms with E-state index in [-0.39, 0.29) is 11.4 Å². The van der Waals surface area contributed by atoms with E-state index in [0.29, 0.717) is 0 Å². The number of amides is 1. The summed E-state index contributed by atoms with van der Waals surface area (Å²) >= 11 is 0. The van der Waals surface area contributed by atoms with Gasteiger partial charge in [0.1, 0.15) is 11.9 Å². The number of carbonyl (C=O) groups is 1. The Morgan fingerprint density at radius 3 is 2.53 bits per heavy atom. The lowest BCUT2D eigenvalue weighted by Gasteiger charge is -2.06. The summed E-state index contributed by atoms with van der Waals surface area (Å²) in [5.41, 5.74) is 0.194. The van der Waals surface area contributed by atoms with E-state index in [2.05, 4.69) is 4.98 Å². The highest BCUT2D eigenvalue weighted by atomic mass is 19.4. The minimum atomic E-state index is -4.95. The first-order chi connectivity index (χ1) is 6.93. The standard InChI is InChI=1S/C8H4F3N3O/c9-8(10,11)7(15)14-6-2-1-5(3-12)4-13-6/h1-2,4H,(H,13,14,15). The highest BCUT2D eigenvalue weighted by Gasteiger charge is 2.38. The Morgan fingerprint density at radius 2 is 2.13 bits per heavy atom. The van der Waals surface area contributed by atoms with Crippen LogP contribution in [0, 0.1) is 11.3 Å². The summed E-state index contributed by atoms with van der Waals surface area (Å²) in [6.07, 6.45) is -3.89. The summed E-state index contributed by atoms with van der Waals surface area (Å²) < 4.78 is 35.4. The first kappa shape index (κ1) is 11.0. The molecule has 78 valence electrons. The van der Waals surface area contributed by atoms with Crippen molar-refractivity contribution in [1.29, 1.82) is 5.26 Å². The molecule has 0 fully saturated rings. The molecule has 0 aliphatic rings. The normalized spacial score (nSPS) is 10.5. The lowest BCUT2D eigenvalue weighted by Crippen LogP contribution is -2.30. The minimum Gasteiger partial charge on any atom is -0.303 e. The van der Waals surface area contributed by atoms with Crippen LogP contribution in [0.2, 0.25) is 0 Å². The number of halogens is 3. The molecule has 1 aromatic rings. The molecule has 0 atom stereocenters. The Kier molecular flexibility index (Phi) is 2.90. The molecule has 0 aliphatic carbocycles. The monoisotopic (exact) mass is 215 g/mol. The van der Waals surface area contributed by atoms with Gasteiger partial charge in [-0.25, -0.2) is 4.98 Å². The molecule has 0 aliphatic heterocycles. The van der Waals surface area contributed by atoms with Gasteiger partial charge in [-0.05, 0) is 12.1 Å². The van der Waals surface area contributed by atoms with Crippen LogP contribution in [0.3, 0.4) is 0 Å². The van der Waals surface area contributed by atoms with Crippen molar-refractivity contribution in [3.63, 3.8) is 0 Å². The van der Waals surface area contributed by atoms with Gasteiger partial charge in [0.05, 0.1) is 5.56 Å². The maximum atomic E-state index is 11.8. The fraction of sp³-hybridized carbons (Fsp3) is 0.125. The molecule has 4 nitrogen and oxygen atoms in total. The molecule has 0 unspecified atom stereocenters. The number of alkyl halides is 3. The van der Waals surface area contributed by atoms with E-state index in [1.807, 2.05) is 0 Å². The molecule has 0 radical (unpaired) electrons. The molecule has 1 aromatic heterocycles. The van der Waals surface area contributed by atoms with Crippen molar-refractivity contribution in [1.82, 2.24) is 4.98 Å². The summed E-state index contributed by atoms with van der Waals surface area (Å²) in [6, 6.07) is 4.10. The Balaban J connectivity index is 2.75. The first-order valence-corrected chi connectivity index (χ1v) is 3.68. The SMILES string of the molecule is N#Cc1ccc(NC(=O)C(F)(F)F)nc1. The van der Waals surface area contributed by atoms with Gasteiger partial charge in [-0.2, -0.15) is 18.4 Å². The van der Waals surface area contributed by atoms with Crippen LogP contribution < -0.4 is 5.32 Å². The number of carbonyl (C=O) groups excluding carboxylic acids is 1. The van der Waals surface area contributed by atoms with Crippen molar-refractivity contribution in [3.05, 3.63) is 23.9 Å². The average molecular weight is 215 g/mol. The van der Waals surface area contributed by atoms with Crippen LogP contribution >= 0.6 is 0 Å². The van der Waals surface area contributed by atoms with Gasteiger partial charge in [0.25, 0.3) is 0 Å². The summed E-state index contributed by atoms with van der Waals surface area (Å²) in [4.78, 5) is 13.9. The van der Waals surface area contributed by atoms with Gasteiger partial charge in [-0.1, -0.05) is 0 Å². The zero-order valence-electron chi connectivity index (χ0n) is 7.17. The number of rotatable bonds is 1. The maximum absolute atomic E-state index is 11.8. The van der Waals surface area contributed by atoms with Gasteiger partial charge in [0, 0.05) is 6.20 Å². The van der Waals surface area contributed by atoms with Crippen LogP contribution in [-0.2, 0) is 4.79 Å². The van der Waals surface area contributed by atoms with Crippen molar-refractivity contribution < 1.29 is 18.0 Å². The Labute approximate surface area is 82.3 Å². The predicted octanol–water partition coefficient (Wildman–Crippen LogP) is 1.45. The molecule has 7 heteroatoms. The third-order valence-corrected chi connectivity index (χ3v) is 1.39. The number of nitrogens with zero attached hydrogens (tertiary/aromatic N) is 2. The van der Waals surface area contributed by atoms with E-state index in [0.717, 1.165) is 12.3 Å². The van der Waals surface area contributed by atoms with E-state index in [1.54, 1.807) is 11.4 Å². The van der Waals surface area contributed by atoms with Crippen molar-refractivity contribution in [3.8, 4) is 6.07 Å². The maximum Gasteiger partial charge on any atom is 0.471 e. The fourth-order valence-corrected chi connectivity index (χ4v) is 0.721. The predicted molar refractivity (Wildman–Crippen MR) is 43.6 cm³/mol. The highest BCUT2D eigenvalue weighted by Crippen LogP contribution is 2.17. The number of hydrogen-bond donors (Lipinski definition) is 1. The molecule has 1 rings (SSSR count). The number of hydrogen-bond acceptors (Lipinski definition) is 3. The third kappa shape index (κ3) is 2.95. The van der Waals surface area contributed by atoms with Crippen LogP contribution in [0.1, 0.15) is 5.56 Å². The number of pyridine rings is 1. The molecule has 0 bridgehead atoms. The van der Waals surface area contributed by atoms with Crippen LogP contribution in [0.25, 0.3) is 0 Å². The number of anilines is 1. The molecular weight excluding hydrogens is 211 g/mol. The molecule has 0 saturated carbocycles. The first-order valence-electron chi connectivity index (χ1n) is 3.68. The fourth-order valence-electron chi connectivity index (χ4n) is 0.721. The Hall–Kier alpha value is -2.10. The summed E-state index contributed by atoms with van der Waals surface area (Å²) in [6.45, 7) is 0. The van der Waals surface area contributed by atoms with Gasteiger partial charge >= 0.3 is 12.1 Å². The van der Waals surface area contributed by atoms with Gasteiger partial charge in [0.2, 0.25) is 0 Å². The van der Waals surface area contributed by atoms with Crippen molar-refractivity contribution in [2.75, 3.05) is 5.32 Å². The van der Waals surface area contributed by atoms with Crippen molar-refractivity contribution in [2.24, 2.45) is 0 Å². The summed E-state index contributed by atoms with van der Waals surface area (Å²) in [5.74, 6) is -2.35. The smallest absolute Gasteiger partial charge is 0.303 e. The lowest BCUT2D eigenvalue weighted by molar-refractivity contribution is -0.167. The molecule has 0 spiro atoms. The van der Waals surface area contributed by atoms with Gasteiger partial charge < -0.3 is 5.32 Å².